The van der Waals surface area contributed by atoms with Gasteiger partial charge in [-0.25, -0.2) is 9.59 Å². The first-order chi connectivity index (χ1) is 23.9. The van der Waals surface area contributed by atoms with E-state index in [4.69, 9.17) is 23.7 Å². The number of likely N-dealkylation sites (N-methyl/N-ethyl adjacent to an activating group) is 1. The predicted octanol–water partition coefficient (Wildman–Crippen LogP) is 3.85. The van der Waals surface area contributed by atoms with E-state index in [1.807, 2.05) is 27.0 Å². The van der Waals surface area contributed by atoms with Gasteiger partial charge in [-0.2, -0.15) is 13.2 Å². The molecule has 0 amide bonds. The van der Waals surface area contributed by atoms with Crippen LogP contribution in [0.2, 0.25) is 0 Å². The molecule has 0 unspecified atom stereocenters. The molecule has 1 saturated heterocycles. The van der Waals surface area contributed by atoms with Crippen LogP contribution < -0.4 is 4.74 Å². The summed E-state index contributed by atoms with van der Waals surface area (Å²) >= 11 is 0. The van der Waals surface area contributed by atoms with E-state index in [2.05, 4.69) is 4.90 Å². The van der Waals surface area contributed by atoms with Crippen molar-refractivity contribution in [3.8, 4) is 5.75 Å². The van der Waals surface area contributed by atoms with Gasteiger partial charge in [-0.05, 0) is 45.5 Å². The van der Waals surface area contributed by atoms with Gasteiger partial charge in [-0.15, -0.1) is 0 Å². The molecule has 0 saturated carbocycles. The fourth-order valence-corrected chi connectivity index (χ4v) is 6.97. The number of carboxylic acids is 1. The van der Waals surface area contributed by atoms with Crippen molar-refractivity contribution in [2.45, 2.75) is 95.6 Å². The minimum atomic E-state index is -4.64. The van der Waals surface area contributed by atoms with Gasteiger partial charge in [0.05, 0.1) is 24.0 Å². The monoisotopic (exact) mass is 737 g/mol. The van der Waals surface area contributed by atoms with Crippen molar-refractivity contribution >= 4 is 30.2 Å². The molecule has 13 nitrogen and oxygen atoms in total. The lowest BCUT2D eigenvalue weighted by Crippen LogP contribution is -2.71. The number of hydrogen-bond donors (Lipinski definition) is 3. The molecule has 2 heterocycles. The molecule has 52 heavy (non-hydrogen) atoms. The Bertz CT molecular complexity index is 1680. The van der Waals surface area contributed by atoms with Gasteiger partial charge >= 0.3 is 30.1 Å². The summed E-state index contributed by atoms with van der Waals surface area (Å²) in [6.07, 6.45) is -8.79. The summed E-state index contributed by atoms with van der Waals surface area (Å²) in [4.78, 5) is 60.6. The second-order valence-electron chi connectivity index (χ2n) is 12.5. The fraction of sp³-hybridized carbons (Fsp3) is 0.472. The average Bonchev–Trinajstić information content (AvgIpc) is 3.44. The van der Waals surface area contributed by atoms with Gasteiger partial charge in [-0.1, -0.05) is 49.9 Å². The number of aryl methyl sites for hydroxylation is 1. The molecule has 1 aliphatic carbocycles. The zero-order valence-corrected chi connectivity index (χ0v) is 28.1. The lowest BCUT2D eigenvalue weighted by molar-refractivity contribution is -0.181. The SMILES string of the molecule is C.CC(=O)O[C@@H](CC(=O)O)C(=O)O[C@H](C(=O)OC1=CC[C@@]2(O)[C@@H](C)N(C)CC[C@@]23c2c(C)ccc(CO)c2O[C@@H]13)c1ccccc1.O=CC(F)(F)F. The van der Waals surface area contributed by atoms with Gasteiger partial charge in [0.2, 0.25) is 18.5 Å². The van der Waals surface area contributed by atoms with Crippen molar-refractivity contribution in [2.75, 3.05) is 13.6 Å². The van der Waals surface area contributed by atoms with Crippen LogP contribution in [0.3, 0.4) is 0 Å². The Balaban J connectivity index is 0.000000960. The molecule has 1 fully saturated rings. The summed E-state index contributed by atoms with van der Waals surface area (Å²) in [6, 6.07) is 11.3. The van der Waals surface area contributed by atoms with E-state index in [1.54, 1.807) is 30.3 Å². The first kappa shape index (κ1) is 41.6. The minimum Gasteiger partial charge on any atom is -0.481 e. The van der Waals surface area contributed by atoms with Gasteiger partial charge in [0.25, 0.3) is 0 Å². The topological polar surface area (TPSA) is 186 Å². The molecule has 0 bridgehead atoms. The number of fused-ring (bicyclic) bond motifs is 1. The summed E-state index contributed by atoms with van der Waals surface area (Å²) in [6.45, 7) is 5.18. The number of nitrogens with zero attached hydrogens (tertiary/aromatic N) is 1. The molecule has 3 N–H and O–H groups in total. The Kier molecular flexibility index (Phi) is 13.0. The minimum absolute atomic E-state index is 0. The summed E-state index contributed by atoms with van der Waals surface area (Å²) < 4.78 is 54.1. The number of carbonyl (C=O) groups excluding carboxylic acids is 4. The lowest BCUT2D eigenvalue weighted by atomic mass is 9.54. The van der Waals surface area contributed by atoms with Gasteiger partial charge < -0.3 is 39.2 Å². The Labute approximate surface area is 297 Å². The van der Waals surface area contributed by atoms with Crippen LogP contribution in [0.4, 0.5) is 13.2 Å². The maximum Gasteiger partial charge on any atom is 0.446 e. The van der Waals surface area contributed by atoms with Crippen LogP contribution in [0.25, 0.3) is 0 Å². The largest absolute Gasteiger partial charge is 0.481 e. The molecule has 2 aliphatic heterocycles. The number of rotatable bonds is 9. The molecule has 1 spiro atoms. The van der Waals surface area contributed by atoms with Crippen LogP contribution in [0.5, 0.6) is 5.75 Å². The average molecular weight is 738 g/mol. The number of piperidine rings is 1. The smallest absolute Gasteiger partial charge is 0.446 e. The maximum atomic E-state index is 13.9. The van der Waals surface area contributed by atoms with Crippen molar-refractivity contribution in [1.82, 2.24) is 4.90 Å². The molecule has 3 aliphatic rings. The van der Waals surface area contributed by atoms with E-state index in [-0.39, 0.29) is 37.8 Å². The fourth-order valence-electron chi connectivity index (χ4n) is 6.97. The number of likely N-dealkylation sites (tertiary alicyclic amines) is 1. The zero-order valence-electron chi connectivity index (χ0n) is 28.1. The van der Waals surface area contributed by atoms with Gasteiger partial charge in [0, 0.05) is 36.1 Å². The number of aldehydes is 1. The summed E-state index contributed by atoms with van der Waals surface area (Å²) in [7, 11) is 1.93. The Morgan fingerprint density at radius 2 is 1.73 bits per heavy atom. The van der Waals surface area contributed by atoms with Crippen molar-refractivity contribution in [3.63, 3.8) is 0 Å². The summed E-state index contributed by atoms with van der Waals surface area (Å²) in [5, 5.41) is 31.9. The van der Waals surface area contributed by atoms with Crippen molar-refractivity contribution in [1.29, 1.82) is 0 Å². The molecule has 284 valence electrons. The second-order valence-corrected chi connectivity index (χ2v) is 12.5. The van der Waals surface area contributed by atoms with Gasteiger partial charge in [0.15, 0.2) is 6.10 Å². The summed E-state index contributed by atoms with van der Waals surface area (Å²) in [5.41, 5.74) is 0.0200. The van der Waals surface area contributed by atoms with Crippen LogP contribution in [0.1, 0.15) is 68.9 Å². The molecular formula is C36H42F3NO12. The van der Waals surface area contributed by atoms with E-state index >= 15 is 0 Å². The number of esters is 3. The molecule has 2 aromatic carbocycles. The number of hydrogen-bond acceptors (Lipinski definition) is 12. The highest BCUT2D eigenvalue weighted by Crippen LogP contribution is 2.61. The normalized spacial score (nSPS) is 24.3. The van der Waals surface area contributed by atoms with Crippen LogP contribution in [0, 0.1) is 6.92 Å². The predicted molar refractivity (Wildman–Crippen MR) is 176 cm³/mol. The van der Waals surface area contributed by atoms with Crippen molar-refractivity contribution < 1.29 is 71.4 Å². The van der Waals surface area contributed by atoms with Crippen LogP contribution in [0.15, 0.2) is 54.3 Å². The Morgan fingerprint density at radius 1 is 1.10 bits per heavy atom. The van der Waals surface area contributed by atoms with Crippen molar-refractivity contribution in [3.05, 3.63) is 76.6 Å². The number of aliphatic carboxylic acids is 1. The Hall–Kier alpha value is -4.80. The standard InChI is InChI=1S/C33H37NO11.C2HF3O.CH4/c1-18-10-11-22(17-35)27-26(18)32-14-15-34(4)19(2)33(32,41)13-12-23(29(32)44-27)43-31(40)28(21-8-6-5-7-9-21)45-30(39)24(16-25(37)38)42-20(3)36;3-2(4,5)1-6;/h5-12,19,24,28-29,35,41H,13-17H2,1-4H3,(H,37,38);1H;1H4/t19-,24+,28+,29+,32+,33-;;/m1../s1. The number of benzene rings is 2. The molecule has 16 heteroatoms. The molecule has 2 aromatic rings. The molecule has 0 radical (unpaired) electrons. The van der Waals surface area contributed by atoms with Gasteiger partial charge in [-0.3, -0.25) is 14.4 Å². The van der Waals surface area contributed by atoms with Crippen LogP contribution in [-0.4, -0.2) is 94.0 Å². The van der Waals surface area contributed by atoms with E-state index in [0.717, 1.165) is 18.1 Å². The number of alkyl halides is 3. The van der Waals surface area contributed by atoms with E-state index in [1.165, 1.54) is 12.1 Å². The number of ether oxygens (including phenoxy) is 4. The maximum absolute atomic E-state index is 13.9. The number of aliphatic hydroxyl groups is 2. The molecule has 5 rings (SSSR count). The van der Waals surface area contributed by atoms with Gasteiger partial charge in [0.1, 0.15) is 11.5 Å². The van der Waals surface area contributed by atoms with E-state index in [9.17, 15) is 47.7 Å². The van der Waals surface area contributed by atoms with Crippen molar-refractivity contribution in [2.24, 2.45) is 0 Å². The molecular weight excluding hydrogens is 695 g/mol. The second kappa shape index (κ2) is 16.3. The number of carbonyl (C=O) groups is 5. The summed E-state index contributed by atoms with van der Waals surface area (Å²) in [5.74, 6) is -4.00. The quantitative estimate of drug-likeness (QED) is 0.192. The molecule has 6 atom stereocenters. The van der Waals surface area contributed by atoms with E-state index < -0.39 is 72.1 Å². The Morgan fingerprint density at radius 3 is 2.29 bits per heavy atom. The third-order valence-electron chi connectivity index (χ3n) is 9.44. The number of carboxylic acid groups (broad SMARTS) is 1. The first-order valence-corrected chi connectivity index (χ1v) is 15.8. The highest BCUT2D eigenvalue weighted by molar-refractivity contribution is 5.87. The lowest BCUT2D eigenvalue weighted by Gasteiger charge is -2.58. The molecule has 0 aromatic heterocycles. The number of aliphatic hydroxyl groups excluding tert-OH is 1. The highest BCUT2D eigenvalue weighted by Gasteiger charge is 2.69. The van der Waals surface area contributed by atoms with Crippen LogP contribution in [-0.2, 0) is 50.2 Å². The number of halogens is 3. The first-order valence-electron chi connectivity index (χ1n) is 15.8. The van der Waals surface area contributed by atoms with Crippen LogP contribution >= 0.6 is 0 Å². The zero-order chi connectivity index (χ0) is 37.9. The highest BCUT2D eigenvalue weighted by atomic mass is 19.4. The third-order valence-corrected chi connectivity index (χ3v) is 9.44. The van der Waals surface area contributed by atoms with E-state index in [0.29, 0.717) is 24.3 Å². The third kappa shape index (κ3) is 8.13.